The lowest BCUT2D eigenvalue weighted by molar-refractivity contribution is 0.102. The summed E-state index contributed by atoms with van der Waals surface area (Å²) in [6.45, 7) is 0. The van der Waals surface area contributed by atoms with E-state index in [4.69, 9.17) is 4.74 Å². The van der Waals surface area contributed by atoms with Gasteiger partial charge in [0.2, 0.25) is 0 Å². The Bertz CT molecular complexity index is 880. The van der Waals surface area contributed by atoms with E-state index in [9.17, 15) is 13.6 Å². The van der Waals surface area contributed by atoms with Gasteiger partial charge >= 0.3 is 0 Å². The molecular weight excluding hydrogens is 360 g/mol. The smallest absolute Gasteiger partial charge is 0.288 e. The summed E-state index contributed by atoms with van der Waals surface area (Å²) in [5.41, 5.74) is 2.25. The summed E-state index contributed by atoms with van der Waals surface area (Å²) in [7, 11) is 1.58. The maximum atomic E-state index is 12.5. The lowest BCUT2D eigenvalue weighted by Gasteiger charge is -2.07. The zero-order valence-electron chi connectivity index (χ0n) is 13.7. The number of ether oxygens (including phenoxy) is 1. The predicted molar refractivity (Wildman–Crippen MR) is 96.8 cm³/mol. The maximum Gasteiger partial charge on any atom is 0.288 e. The van der Waals surface area contributed by atoms with E-state index < -0.39 is 5.76 Å². The van der Waals surface area contributed by atoms with E-state index in [0.29, 0.717) is 39.4 Å². The van der Waals surface area contributed by atoms with Crippen LogP contribution >= 0.6 is 11.8 Å². The topological polar surface area (TPSA) is 67.0 Å². The summed E-state index contributed by atoms with van der Waals surface area (Å²) in [6.07, 6.45) is 1.44. The summed E-state index contributed by atoms with van der Waals surface area (Å²) in [4.78, 5) is 13.0. The first-order valence-corrected chi connectivity index (χ1v) is 8.49. The average molecular weight is 375 g/mol. The highest BCUT2D eigenvalue weighted by Gasteiger charge is 2.16. The lowest BCUT2D eigenvalue weighted by Crippen LogP contribution is -2.12. The number of hydrogen-bond donors (Lipinski definition) is 2. The van der Waals surface area contributed by atoms with Crippen LogP contribution in [-0.4, -0.2) is 29.0 Å². The Morgan fingerprint density at radius 2 is 1.85 bits per heavy atom. The number of H-pyrrole nitrogens is 1. The zero-order valence-corrected chi connectivity index (χ0v) is 14.5. The fourth-order valence-electron chi connectivity index (χ4n) is 2.35. The summed E-state index contributed by atoms with van der Waals surface area (Å²) in [5, 5.41) is 9.50. The van der Waals surface area contributed by atoms with Crippen molar-refractivity contribution in [2.45, 2.75) is 10.7 Å². The predicted octanol–water partition coefficient (Wildman–Crippen LogP) is 4.65. The van der Waals surface area contributed by atoms with E-state index in [2.05, 4.69) is 15.5 Å². The van der Waals surface area contributed by atoms with Crippen molar-refractivity contribution in [3.05, 3.63) is 60.3 Å². The van der Waals surface area contributed by atoms with Crippen molar-refractivity contribution in [2.24, 2.45) is 0 Å². The second-order valence-corrected chi connectivity index (χ2v) is 6.31. The minimum Gasteiger partial charge on any atom is -0.497 e. The number of rotatable bonds is 6. The Labute approximate surface area is 152 Å². The van der Waals surface area contributed by atoms with Gasteiger partial charge in [0.05, 0.1) is 24.6 Å². The summed E-state index contributed by atoms with van der Waals surface area (Å²) in [5.74, 6) is -2.12. The molecule has 3 rings (SSSR count). The molecule has 0 bridgehead atoms. The molecule has 0 saturated carbocycles. The van der Waals surface area contributed by atoms with Gasteiger partial charge < -0.3 is 10.1 Å². The molecule has 0 aliphatic rings. The Kier molecular flexibility index (Phi) is 5.52. The number of nitrogens with zero attached hydrogens (tertiary/aromatic N) is 1. The number of aromatic amines is 1. The molecule has 3 aromatic rings. The minimum atomic E-state index is -2.48. The number of amides is 1. The Morgan fingerprint density at radius 3 is 2.46 bits per heavy atom. The highest BCUT2D eigenvalue weighted by molar-refractivity contribution is 7.99. The molecular formula is C18H15F2N3O2S. The van der Waals surface area contributed by atoms with Crippen LogP contribution in [0.5, 0.6) is 5.75 Å². The molecule has 0 saturated heterocycles. The molecule has 2 aromatic carbocycles. The monoisotopic (exact) mass is 375 g/mol. The number of nitrogens with one attached hydrogen (secondary N) is 2. The van der Waals surface area contributed by atoms with Gasteiger partial charge in [0.25, 0.3) is 11.7 Å². The molecule has 0 aliphatic heterocycles. The third-order valence-corrected chi connectivity index (χ3v) is 4.32. The number of benzene rings is 2. The highest BCUT2D eigenvalue weighted by atomic mass is 32.2. The third kappa shape index (κ3) is 4.20. The van der Waals surface area contributed by atoms with Crippen LogP contribution in [0.2, 0.25) is 0 Å². The number of thioether (sulfide) groups is 1. The van der Waals surface area contributed by atoms with Crippen LogP contribution in [0.15, 0.2) is 59.6 Å². The summed E-state index contributed by atoms with van der Waals surface area (Å²) in [6, 6.07) is 13.4. The quantitative estimate of drug-likeness (QED) is 0.616. The van der Waals surface area contributed by atoms with E-state index in [1.54, 1.807) is 31.4 Å². The second-order valence-electron chi connectivity index (χ2n) is 5.24. The van der Waals surface area contributed by atoms with Crippen molar-refractivity contribution in [1.29, 1.82) is 0 Å². The molecule has 1 aromatic heterocycles. The van der Waals surface area contributed by atoms with Crippen LogP contribution in [0, 0.1) is 0 Å². The van der Waals surface area contributed by atoms with Crippen LogP contribution in [0.1, 0.15) is 10.4 Å². The maximum absolute atomic E-state index is 12.5. The van der Waals surface area contributed by atoms with E-state index in [0.717, 1.165) is 5.56 Å². The molecule has 134 valence electrons. The summed E-state index contributed by atoms with van der Waals surface area (Å²) < 4.78 is 29.8. The number of carbonyl (C=O) groups excluding carboxylic acids is 1. The molecule has 1 amide bonds. The van der Waals surface area contributed by atoms with E-state index >= 15 is 0 Å². The van der Waals surface area contributed by atoms with Gasteiger partial charge in [-0.2, -0.15) is 13.9 Å². The summed E-state index contributed by atoms with van der Waals surface area (Å²) >= 11 is 0.455. The minimum absolute atomic E-state index is 0.348. The van der Waals surface area contributed by atoms with Gasteiger partial charge in [0.1, 0.15) is 5.75 Å². The van der Waals surface area contributed by atoms with E-state index in [1.165, 1.54) is 18.3 Å². The Balaban J connectivity index is 1.75. The normalized spacial score (nSPS) is 10.8. The van der Waals surface area contributed by atoms with Gasteiger partial charge in [-0.25, -0.2) is 0 Å². The van der Waals surface area contributed by atoms with Crippen molar-refractivity contribution in [2.75, 3.05) is 12.4 Å². The molecule has 5 nitrogen and oxygen atoms in total. The van der Waals surface area contributed by atoms with Crippen molar-refractivity contribution in [3.8, 4) is 17.0 Å². The second kappa shape index (κ2) is 8.01. The SMILES string of the molecule is COc1ccc(-c2[nH]ncc2C(=O)Nc2ccc(SC(F)F)cc2)cc1. The van der Waals surface area contributed by atoms with Crippen molar-refractivity contribution in [3.63, 3.8) is 0 Å². The van der Waals surface area contributed by atoms with Crippen molar-refractivity contribution >= 4 is 23.4 Å². The zero-order chi connectivity index (χ0) is 18.5. The molecule has 2 N–H and O–H groups in total. The molecule has 8 heteroatoms. The van der Waals surface area contributed by atoms with Gasteiger partial charge in [0, 0.05) is 16.1 Å². The van der Waals surface area contributed by atoms with E-state index in [1.807, 2.05) is 12.1 Å². The molecule has 26 heavy (non-hydrogen) atoms. The number of halogens is 2. The van der Waals surface area contributed by atoms with Crippen molar-refractivity contribution in [1.82, 2.24) is 10.2 Å². The largest absolute Gasteiger partial charge is 0.497 e. The van der Waals surface area contributed by atoms with Crippen LogP contribution < -0.4 is 10.1 Å². The van der Waals surface area contributed by atoms with Gasteiger partial charge in [-0.15, -0.1) is 0 Å². The van der Waals surface area contributed by atoms with E-state index in [-0.39, 0.29) is 5.91 Å². The van der Waals surface area contributed by atoms with Crippen LogP contribution in [0.25, 0.3) is 11.3 Å². The van der Waals surface area contributed by atoms with Crippen molar-refractivity contribution < 1.29 is 18.3 Å². The average Bonchev–Trinajstić information content (AvgIpc) is 3.13. The molecule has 0 aliphatic carbocycles. The molecule has 0 unspecified atom stereocenters. The van der Waals surface area contributed by atoms with Gasteiger partial charge in [0.15, 0.2) is 0 Å². The van der Waals surface area contributed by atoms with Crippen LogP contribution in [0.3, 0.4) is 0 Å². The van der Waals surface area contributed by atoms with Gasteiger partial charge in [-0.05, 0) is 48.5 Å². The number of anilines is 1. The molecule has 1 heterocycles. The molecule has 0 fully saturated rings. The number of carbonyl (C=O) groups is 1. The lowest BCUT2D eigenvalue weighted by atomic mass is 10.1. The highest BCUT2D eigenvalue weighted by Crippen LogP contribution is 2.27. The van der Waals surface area contributed by atoms with Crippen LogP contribution in [0.4, 0.5) is 14.5 Å². The molecule has 0 spiro atoms. The first kappa shape index (κ1) is 17.9. The number of methoxy groups -OCH3 is 1. The standard InChI is InChI=1S/C18H15F2N3O2S/c1-25-13-6-2-11(3-7-13)16-15(10-21-23-16)17(24)22-12-4-8-14(9-5-12)26-18(19)20/h2-10,18H,1H3,(H,21,23)(H,22,24). The fourth-order valence-corrected chi connectivity index (χ4v) is 2.85. The van der Waals surface area contributed by atoms with Crippen LogP contribution in [-0.2, 0) is 0 Å². The van der Waals surface area contributed by atoms with Gasteiger partial charge in [-0.3, -0.25) is 9.89 Å². The third-order valence-electron chi connectivity index (χ3n) is 3.60. The Morgan fingerprint density at radius 1 is 1.15 bits per heavy atom. The molecule has 0 atom stereocenters. The number of alkyl halides is 2. The fraction of sp³-hybridized carbons (Fsp3) is 0.111. The molecule has 0 radical (unpaired) electrons. The Hall–Kier alpha value is -2.87. The van der Waals surface area contributed by atoms with Gasteiger partial charge in [-0.1, -0.05) is 11.8 Å². The number of aromatic nitrogens is 2. The first-order chi connectivity index (χ1) is 12.6. The number of hydrogen-bond acceptors (Lipinski definition) is 4. The first-order valence-electron chi connectivity index (χ1n) is 7.61.